The van der Waals surface area contributed by atoms with Crippen molar-refractivity contribution in [2.75, 3.05) is 0 Å². The zero-order valence-electron chi connectivity index (χ0n) is 23.9. The Morgan fingerprint density at radius 1 is 0.667 bits per heavy atom. The fraction of sp³-hybridized carbons (Fsp3) is 0.257. The first-order valence-electron chi connectivity index (χ1n) is 14.3. The molecular weight excluding hydrogens is 607 g/mol. The first-order chi connectivity index (χ1) is 21.4. The highest BCUT2D eigenvalue weighted by molar-refractivity contribution is 5.72. The Balaban J connectivity index is 1.35. The highest BCUT2D eigenvalue weighted by Gasteiger charge is 2.41. The quantitative estimate of drug-likeness (QED) is 0.106. The van der Waals surface area contributed by atoms with E-state index in [1.807, 2.05) is 0 Å². The molecule has 45 heavy (non-hydrogen) atoms. The van der Waals surface area contributed by atoms with Crippen molar-refractivity contribution in [2.45, 2.75) is 51.1 Å². The Morgan fingerprint density at radius 3 is 1.80 bits per heavy atom. The van der Waals surface area contributed by atoms with Gasteiger partial charge >= 0.3 is 6.11 Å². The Kier molecular flexibility index (Phi) is 9.32. The maximum absolute atomic E-state index is 15.2. The lowest BCUT2D eigenvalue weighted by Gasteiger charge is -2.27. The lowest BCUT2D eigenvalue weighted by atomic mass is 9.78. The number of hydrogen-bond donors (Lipinski definition) is 0. The van der Waals surface area contributed by atoms with Gasteiger partial charge in [-0.1, -0.05) is 43.3 Å². The lowest BCUT2D eigenvalue weighted by molar-refractivity contribution is -0.189. The second-order valence-electron chi connectivity index (χ2n) is 11.0. The fourth-order valence-corrected chi connectivity index (χ4v) is 5.71. The van der Waals surface area contributed by atoms with Crippen molar-refractivity contribution in [1.29, 1.82) is 0 Å². The lowest BCUT2D eigenvalue weighted by Crippen LogP contribution is -2.25. The molecule has 4 aromatic carbocycles. The van der Waals surface area contributed by atoms with Gasteiger partial charge in [0, 0.05) is 23.3 Å². The number of benzene rings is 4. The zero-order valence-corrected chi connectivity index (χ0v) is 23.9. The molecule has 0 amide bonds. The molecule has 0 unspecified atom stereocenters. The molecule has 5 rings (SSSR count). The van der Waals surface area contributed by atoms with Gasteiger partial charge in [-0.05, 0) is 84.9 Å². The third-order valence-electron chi connectivity index (χ3n) is 8.01. The number of halogens is 9. The van der Waals surface area contributed by atoms with Crippen molar-refractivity contribution in [3.63, 3.8) is 0 Å². The van der Waals surface area contributed by atoms with Crippen LogP contribution in [0.15, 0.2) is 72.8 Å². The Labute approximate surface area is 254 Å². The molecule has 0 heterocycles. The van der Waals surface area contributed by atoms with E-state index in [1.165, 1.54) is 12.1 Å². The van der Waals surface area contributed by atoms with Crippen LogP contribution in [0, 0.1) is 46.6 Å². The van der Waals surface area contributed by atoms with Gasteiger partial charge < -0.3 is 4.74 Å². The number of rotatable bonds is 8. The van der Waals surface area contributed by atoms with Crippen LogP contribution < -0.4 is 4.74 Å². The molecule has 1 nitrogen and oxygen atoms in total. The van der Waals surface area contributed by atoms with Gasteiger partial charge in [-0.25, -0.2) is 30.7 Å². The molecule has 0 atom stereocenters. The minimum absolute atomic E-state index is 0.0845. The topological polar surface area (TPSA) is 9.23 Å². The second kappa shape index (κ2) is 13.0. The van der Waals surface area contributed by atoms with Crippen molar-refractivity contribution in [3.8, 4) is 28.0 Å². The van der Waals surface area contributed by atoms with Crippen LogP contribution >= 0.6 is 0 Å². The highest BCUT2D eigenvalue weighted by Crippen LogP contribution is 2.40. The molecule has 0 bridgehead atoms. The van der Waals surface area contributed by atoms with Crippen molar-refractivity contribution in [2.24, 2.45) is 5.92 Å². The monoisotopic (exact) mass is 634 g/mol. The standard InChI is InChI=1S/C35H27F9O/c1-2-3-4-19-5-7-20(8-6-19)21-9-11-25(27(36)13-21)22-10-12-26(28(37)14-22)23-15-29(38)33(30(39)16-23)35(43,44)45-24-17-31(40)34(42)32(41)18-24/h3-4,9-20H,2,5-8H2,1H3/b4-3+. The van der Waals surface area contributed by atoms with Crippen LogP contribution in [0.1, 0.15) is 56.1 Å². The molecule has 1 aliphatic carbocycles. The van der Waals surface area contributed by atoms with Crippen molar-refractivity contribution < 1.29 is 44.3 Å². The van der Waals surface area contributed by atoms with Gasteiger partial charge in [-0.3, -0.25) is 0 Å². The smallest absolute Gasteiger partial charge is 0.429 e. The van der Waals surface area contributed by atoms with E-state index in [4.69, 9.17) is 0 Å². The van der Waals surface area contributed by atoms with Crippen LogP contribution in [0.5, 0.6) is 5.75 Å². The van der Waals surface area contributed by atoms with Gasteiger partial charge in [-0.2, -0.15) is 8.78 Å². The second-order valence-corrected chi connectivity index (χ2v) is 11.0. The van der Waals surface area contributed by atoms with E-state index < -0.39 is 63.7 Å². The molecule has 1 aliphatic rings. The molecule has 0 aliphatic heterocycles. The van der Waals surface area contributed by atoms with E-state index in [2.05, 4.69) is 23.8 Å². The average Bonchev–Trinajstić information content (AvgIpc) is 2.98. The predicted molar refractivity (Wildman–Crippen MR) is 152 cm³/mol. The third-order valence-corrected chi connectivity index (χ3v) is 8.01. The van der Waals surface area contributed by atoms with Crippen LogP contribution in [0.2, 0.25) is 0 Å². The summed E-state index contributed by atoms with van der Waals surface area (Å²) in [5, 5.41) is 0. The fourth-order valence-electron chi connectivity index (χ4n) is 5.71. The van der Waals surface area contributed by atoms with Crippen LogP contribution in [-0.4, -0.2) is 0 Å². The first-order valence-corrected chi connectivity index (χ1v) is 14.3. The SMILES string of the molecule is CC/C=C/C1CCC(c2ccc(-c3ccc(-c4cc(F)c(C(F)(F)Oc5cc(F)c(F)c(F)c5)c(F)c4)c(F)c3)c(F)c2)CC1. The van der Waals surface area contributed by atoms with E-state index in [-0.39, 0.29) is 34.7 Å². The molecule has 4 aromatic rings. The summed E-state index contributed by atoms with van der Waals surface area (Å²) < 4.78 is 133. The maximum atomic E-state index is 15.2. The minimum atomic E-state index is -4.79. The molecule has 1 saturated carbocycles. The Bertz CT molecular complexity index is 1690. The Morgan fingerprint density at radius 2 is 1.22 bits per heavy atom. The molecule has 0 spiro atoms. The number of hydrogen-bond acceptors (Lipinski definition) is 1. The van der Waals surface area contributed by atoms with E-state index in [0.717, 1.165) is 49.8 Å². The largest absolute Gasteiger partial charge is 0.432 e. The molecular formula is C35H27F9O. The summed E-state index contributed by atoms with van der Waals surface area (Å²) in [6, 6.07) is 9.27. The van der Waals surface area contributed by atoms with Gasteiger partial charge in [0.25, 0.3) is 0 Å². The summed E-state index contributed by atoms with van der Waals surface area (Å²) in [5.41, 5.74) is -1.60. The Hall–Kier alpha value is -4.21. The summed E-state index contributed by atoms with van der Waals surface area (Å²) in [6.45, 7) is 2.08. The van der Waals surface area contributed by atoms with Crippen LogP contribution in [-0.2, 0) is 6.11 Å². The molecule has 0 radical (unpaired) electrons. The molecule has 10 heteroatoms. The first kappa shape index (κ1) is 32.2. The minimum Gasteiger partial charge on any atom is -0.429 e. The maximum Gasteiger partial charge on any atom is 0.432 e. The summed E-state index contributed by atoms with van der Waals surface area (Å²) in [6.07, 6.45) is 4.46. The van der Waals surface area contributed by atoms with E-state index in [0.29, 0.717) is 18.1 Å². The molecule has 0 N–H and O–H groups in total. The zero-order chi connectivity index (χ0) is 32.5. The van der Waals surface area contributed by atoms with Crippen LogP contribution in [0.4, 0.5) is 39.5 Å². The third kappa shape index (κ3) is 6.89. The average molecular weight is 635 g/mol. The van der Waals surface area contributed by atoms with Crippen molar-refractivity contribution in [3.05, 3.63) is 125 Å². The van der Waals surface area contributed by atoms with E-state index >= 15 is 8.78 Å². The normalized spacial score (nSPS) is 17.2. The van der Waals surface area contributed by atoms with Crippen molar-refractivity contribution >= 4 is 0 Å². The summed E-state index contributed by atoms with van der Waals surface area (Å²) in [5.74, 6) is -11.4. The molecule has 236 valence electrons. The van der Waals surface area contributed by atoms with Gasteiger partial charge in [0.15, 0.2) is 17.5 Å². The summed E-state index contributed by atoms with van der Waals surface area (Å²) in [4.78, 5) is 0. The van der Waals surface area contributed by atoms with E-state index in [1.54, 1.807) is 12.1 Å². The van der Waals surface area contributed by atoms with Crippen molar-refractivity contribution in [1.82, 2.24) is 0 Å². The van der Waals surface area contributed by atoms with Crippen LogP contribution in [0.3, 0.4) is 0 Å². The molecule has 0 saturated heterocycles. The van der Waals surface area contributed by atoms with Gasteiger partial charge in [0.1, 0.15) is 34.6 Å². The molecule has 1 fully saturated rings. The summed E-state index contributed by atoms with van der Waals surface area (Å²) in [7, 11) is 0. The number of alkyl halides is 2. The number of allylic oxidation sites excluding steroid dienone is 2. The number of ether oxygens (including phenoxy) is 1. The van der Waals surface area contributed by atoms with Gasteiger partial charge in [0.05, 0.1) is 0 Å². The molecule has 0 aromatic heterocycles. The van der Waals surface area contributed by atoms with Crippen LogP contribution in [0.25, 0.3) is 22.3 Å². The van der Waals surface area contributed by atoms with Gasteiger partial charge in [-0.15, -0.1) is 0 Å². The predicted octanol–water partition coefficient (Wildman–Crippen LogP) is 11.4. The van der Waals surface area contributed by atoms with E-state index in [9.17, 15) is 30.7 Å². The summed E-state index contributed by atoms with van der Waals surface area (Å²) >= 11 is 0. The highest BCUT2D eigenvalue weighted by atomic mass is 19.3. The van der Waals surface area contributed by atoms with Gasteiger partial charge in [0.2, 0.25) is 0 Å².